The molecule has 3 N–H and O–H groups in total. The van der Waals surface area contributed by atoms with E-state index in [1.807, 2.05) is 19.2 Å². The predicted molar refractivity (Wildman–Crippen MR) is 85.3 cm³/mol. The summed E-state index contributed by atoms with van der Waals surface area (Å²) < 4.78 is 0. The molecule has 7 heteroatoms. The number of nitrogens with two attached hydrogens (primary N) is 1. The minimum atomic E-state index is -0.426. The smallest absolute Gasteiger partial charge is 0.293 e. The Morgan fingerprint density at radius 2 is 2.24 bits per heavy atom. The molecule has 2 rings (SSSR count). The molecule has 0 radical (unpaired) electrons. The van der Waals surface area contributed by atoms with Crippen molar-refractivity contribution in [3.63, 3.8) is 0 Å². The van der Waals surface area contributed by atoms with Gasteiger partial charge in [-0.15, -0.1) is 11.3 Å². The third-order valence-corrected chi connectivity index (χ3v) is 4.12. The largest absolute Gasteiger partial charge is 0.318 e. The van der Waals surface area contributed by atoms with Crippen molar-refractivity contribution in [1.29, 1.82) is 0 Å². The van der Waals surface area contributed by atoms with Crippen LogP contribution in [-0.2, 0) is 13.0 Å². The van der Waals surface area contributed by atoms with Crippen molar-refractivity contribution in [3.8, 4) is 0 Å². The average molecular weight is 306 g/mol. The number of anilines is 1. The fourth-order valence-corrected chi connectivity index (χ4v) is 2.79. The lowest BCUT2D eigenvalue weighted by Crippen LogP contribution is -2.20. The number of nitro groups is 1. The molecule has 2 aromatic rings. The number of nitrogens with one attached hydrogen (secondary N) is 1. The third-order valence-electron chi connectivity index (χ3n) is 3.19. The molecule has 6 nitrogen and oxygen atoms in total. The summed E-state index contributed by atoms with van der Waals surface area (Å²) in [6, 6.07) is 9.22. The Bertz CT molecular complexity index is 601. The second kappa shape index (κ2) is 7.16. The van der Waals surface area contributed by atoms with E-state index in [1.54, 1.807) is 23.5 Å². The molecule has 0 saturated carbocycles. The Balaban J connectivity index is 1.98. The highest BCUT2D eigenvalue weighted by molar-refractivity contribution is 7.09. The zero-order valence-electron chi connectivity index (χ0n) is 11.8. The first kappa shape index (κ1) is 15.4. The van der Waals surface area contributed by atoms with Crippen molar-refractivity contribution < 1.29 is 4.92 Å². The van der Waals surface area contributed by atoms with Gasteiger partial charge in [0, 0.05) is 24.0 Å². The van der Waals surface area contributed by atoms with Gasteiger partial charge in [-0.2, -0.15) is 0 Å². The van der Waals surface area contributed by atoms with Crippen LogP contribution in [0.4, 0.5) is 11.4 Å². The molecule has 0 atom stereocenters. The Morgan fingerprint density at radius 1 is 1.43 bits per heavy atom. The SMILES string of the molecule is CN(CCc1cccs1)Cc1ccc(NN)c([N+](=O)[O-])c1. The molecular weight excluding hydrogens is 288 g/mol. The molecule has 112 valence electrons. The fourth-order valence-electron chi connectivity index (χ4n) is 2.10. The Kier molecular flexibility index (Phi) is 5.26. The number of rotatable bonds is 7. The summed E-state index contributed by atoms with van der Waals surface area (Å²) in [6.45, 7) is 1.57. The first-order valence-corrected chi connectivity index (χ1v) is 7.43. The van der Waals surface area contributed by atoms with Gasteiger partial charge in [-0.25, -0.2) is 0 Å². The maximum absolute atomic E-state index is 11.0. The van der Waals surface area contributed by atoms with Crippen molar-refractivity contribution >= 4 is 22.7 Å². The quantitative estimate of drug-likeness (QED) is 0.466. The third kappa shape index (κ3) is 4.25. The van der Waals surface area contributed by atoms with Crippen LogP contribution in [-0.4, -0.2) is 23.4 Å². The summed E-state index contributed by atoms with van der Waals surface area (Å²) in [6.07, 6.45) is 0.985. The number of thiophene rings is 1. The van der Waals surface area contributed by atoms with Crippen LogP contribution in [0.5, 0.6) is 0 Å². The molecule has 0 saturated heterocycles. The van der Waals surface area contributed by atoms with Gasteiger partial charge in [0.15, 0.2) is 0 Å². The predicted octanol–water partition coefficient (Wildman–Crippen LogP) is 2.62. The molecular formula is C14H18N4O2S. The van der Waals surface area contributed by atoms with Gasteiger partial charge < -0.3 is 10.3 Å². The average Bonchev–Trinajstić information content (AvgIpc) is 2.98. The summed E-state index contributed by atoms with van der Waals surface area (Å²) in [5.74, 6) is 5.28. The number of benzene rings is 1. The Morgan fingerprint density at radius 3 is 2.86 bits per heavy atom. The maximum Gasteiger partial charge on any atom is 0.293 e. The van der Waals surface area contributed by atoms with Crippen molar-refractivity contribution in [1.82, 2.24) is 4.90 Å². The van der Waals surface area contributed by atoms with E-state index in [-0.39, 0.29) is 5.69 Å². The maximum atomic E-state index is 11.0. The van der Waals surface area contributed by atoms with Gasteiger partial charge in [0.2, 0.25) is 0 Å². The van der Waals surface area contributed by atoms with Gasteiger partial charge in [-0.05, 0) is 36.5 Å². The topological polar surface area (TPSA) is 84.4 Å². The number of nitro benzene ring substituents is 1. The number of nitrogens with zero attached hydrogens (tertiary/aromatic N) is 2. The van der Waals surface area contributed by atoms with Gasteiger partial charge in [-0.1, -0.05) is 12.1 Å². The minimum absolute atomic E-state index is 0.00153. The molecule has 0 bridgehead atoms. The lowest BCUT2D eigenvalue weighted by Gasteiger charge is -2.16. The highest BCUT2D eigenvalue weighted by Gasteiger charge is 2.14. The van der Waals surface area contributed by atoms with Gasteiger partial charge >= 0.3 is 0 Å². The summed E-state index contributed by atoms with van der Waals surface area (Å²) >= 11 is 1.74. The van der Waals surface area contributed by atoms with Crippen LogP contribution in [0.2, 0.25) is 0 Å². The van der Waals surface area contributed by atoms with Gasteiger partial charge in [-0.3, -0.25) is 16.0 Å². The molecule has 0 amide bonds. The normalized spacial score (nSPS) is 10.8. The number of nitrogen functional groups attached to an aromatic ring is 1. The first-order valence-electron chi connectivity index (χ1n) is 6.55. The summed E-state index contributed by atoms with van der Waals surface area (Å²) in [5.41, 5.74) is 3.57. The highest BCUT2D eigenvalue weighted by atomic mass is 32.1. The van der Waals surface area contributed by atoms with Gasteiger partial charge in [0.25, 0.3) is 5.69 Å². The Labute approximate surface area is 127 Å². The highest BCUT2D eigenvalue weighted by Crippen LogP contribution is 2.25. The minimum Gasteiger partial charge on any atom is -0.318 e. The number of hydrazine groups is 1. The van der Waals surface area contributed by atoms with E-state index < -0.39 is 4.92 Å². The molecule has 1 aromatic carbocycles. The van der Waals surface area contributed by atoms with Crippen molar-refractivity contribution in [2.24, 2.45) is 5.84 Å². The summed E-state index contributed by atoms with van der Waals surface area (Å²) in [7, 11) is 2.01. The first-order chi connectivity index (χ1) is 10.1. The lowest BCUT2D eigenvalue weighted by atomic mass is 10.1. The zero-order chi connectivity index (χ0) is 15.2. The van der Waals surface area contributed by atoms with Crippen molar-refractivity contribution in [2.75, 3.05) is 19.0 Å². The monoisotopic (exact) mass is 306 g/mol. The van der Waals surface area contributed by atoms with E-state index in [0.29, 0.717) is 12.2 Å². The molecule has 1 aromatic heterocycles. The molecule has 0 spiro atoms. The summed E-state index contributed by atoms with van der Waals surface area (Å²) in [4.78, 5) is 14.1. The number of hydrogen-bond donors (Lipinski definition) is 2. The summed E-state index contributed by atoms with van der Waals surface area (Å²) in [5, 5.41) is 13.1. The van der Waals surface area contributed by atoms with Crippen LogP contribution in [0, 0.1) is 10.1 Å². The molecule has 0 unspecified atom stereocenters. The van der Waals surface area contributed by atoms with Crippen molar-refractivity contribution in [2.45, 2.75) is 13.0 Å². The van der Waals surface area contributed by atoms with E-state index in [1.165, 1.54) is 4.88 Å². The van der Waals surface area contributed by atoms with Crippen LogP contribution < -0.4 is 11.3 Å². The van der Waals surface area contributed by atoms with Crippen LogP contribution >= 0.6 is 11.3 Å². The van der Waals surface area contributed by atoms with E-state index in [2.05, 4.69) is 21.8 Å². The zero-order valence-corrected chi connectivity index (χ0v) is 12.6. The molecule has 0 aliphatic heterocycles. The lowest BCUT2D eigenvalue weighted by molar-refractivity contribution is -0.384. The Hall–Kier alpha value is -1.96. The molecule has 0 aliphatic rings. The van der Waals surface area contributed by atoms with E-state index in [4.69, 9.17) is 5.84 Å². The second-order valence-corrected chi connectivity index (χ2v) is 5.85. The number of likely N-dealkylation sites (N-methyl/N-ethyl adjacent to an activating group) is 1. The van der Waals surface area contributed by atoms with Crippen molar-refractivity contribution in [3.05, 3.63) is 56.3 Å². The molecule has 21 heavy (non-hydrogen) atoms. The van der Waals surface area contributed by atoms with Gasteiger partial charge in [0.1, 0.15) is 5.69 Å². The second-order valence-electron chi connectivity index (χ2n) is 4.82. The molecule has 1 heterocycles. The van der Waals surface area contributed by atoms with Crippen LogP contribution in [0.15, 0.2) is 35.7 Å². The van der Waals surface area contributed by atoms with E-state index in [9.17, 15) is 10.1 Å². The van der Waals surface area contributed by atoms with Gasteiger partial charge in [0.05, 0.1) is 4.92 Å². The van der Waals surface area contributed by atoms with E-state index in [0.717, 1.165) is 18.5 Å². The van der Waals surface area contributed by atoms with E-state index >= 15 is 0 Å². The standard InChI is InChI=1S/C14H18N4O2S/c1-17(7-6-12-3-2-8-21-12)10-11-4-5-13(16-15)14(9-11)18(19)20/h2-5,8-9,16H,6-7,10,15H2,1H3. The molecule has 0 aliphatic carbocycles. The fraction of sp³-hybridized carbons (Fsp3) is 0.286. The molecule has 0 fully saturated rings. The van der Waals surface area contributed by atoms with Crippen LogP contribution in [0.25, 0.3) is 0 Å². The number of hydrogen-bond acceptors (Lipinski definition) is 6. The van der Waals surface area contributed by atoms with Crippen LogP contribution in [0.3, 0.4) is 0 Å². The van der Waals surface area contributed by atoms with Crippen LogP contribution in [0.1, 0.15) is 10.4 Å².